The maximum absolute atomic E-state index is 11.0. The van der Waals surface area contributed by atoms with Gasteiger partial charge in [0.05, 0.1) is 5.92 Å². The molecule has 0 saturated heterocycles. The minimum Gasteiger partial charge on any atom is -0.508 e. The van der Waals surface area contributed by atoms with Crippen LogP contribution in [0.3, 0.4) is 0 Å². The molecule has 0 heterocycles. The molecule has 1 aliphatic rings. The normalized spacial score (nSPS) is 16.2. The van der Waals surface area contributed by atoms with Gasteiger partial charge in [-0.1, -0.05) is 12.1 Å². The number of benzene rings is 1. The van der Waals surface area contributed by atoms with Crippen molar-refractivity contribution >= 4 is 11.5 Å². The maximum Gasteiger partial charge on any atom is 0.310 e. The van der Waals surface area contributed by atoms with E-state index in [4.69, 9.17) is 5.11 Å². The Morgan fingerprint density at radius 2 is 2.19 bits per heavy atom. The van der Waals surface area contributed by atoms with Crippen LogP contribution in [0.2, 0.25) is 0 Å². The first kappa shape index (κ1) is 10.7. The Hall–Kier alpha value is -1.77. The molecule has 0 saturated carbocycles. The number of rotatable bonds is 2. The molecule has 1 aliphatic carbocycles. The second-order valence-electron chi connectivity index (χ2n) is 4.10. The van der Waals surface area contributed by atoms with Crippen LogP contribution in [0.5, 0.6) is 5.75 Å². The molecule has 1 aromatic rings. The first-order valence-electron chi connectivity index (χ1n) is 5.34. The summed E-state index contributed by atoms with van der Waals surface area (Å²) in [5.41, 5.74) is 2.80. The molecule has 1 unspecified atom stereocenters. The molecule has 1 atom stereocenters. The second-order valence-corrected chi connectivity index (χ2v) is 4.10. The molecule has 1 aromatic carbocycles. The molecule has 0 bridgehead atoms. The number of aliphatic carboxylic acids is 1. The number of carboxylic acids is 1. The Labute approximate surface area is 94.0 Å². The lowest BCUT2D eigenvalue weighted by molar-refractivity contribution is -0.139. The Bertz CT molecular complexity index is 460. The lowest BCUT2D eigenvalue weighted by Crippen LogP contribution is -2.14. The predicted molar refractivity (Wildman–Crippen MR) is 61.2 cm³/mol. The molecular formula is C13H14O3. The van der Waals surface area contributed by atoms with Crippen molar-refractivity contribution in [1.82, 2.24) is 0 Å². The molecule has 0 aliphatic heterocycles. The van der Waals surface area contributed by atoms with Crippen molar-refractivity contribution < 1.29 is 15.0 Å². The molecule has 0 aromatic heterocycles. The highest BCUT2D eigenvalue weighted by atomic mass is 16.4. The summed E-state index contributed by atoms with van der Waals surface area (Å²) in [6, 6.07) is 5.17. The Morgan fingerprint density at radius 3 is 2.88 bits per heavy atom. The van der Waals surface area contributed by atoms with E-state index in [0.717, 1.165) is 29.5 Å². The van der Waals surface area contributed by atoms with Gasteiger partial charge >= 0.3 is 5.97 Å². The van der Waals surface area contributed by atoms with Gasteiger partial charge in [0.1, 0.15) is 5.75 Å². The van der Waals surface area contributed by atoms with Crippen molar-refractivity contribution in [2.45, 2.75) is 19.8 Å². The summed E-state index contributed by atoms with van der Waals surface area (Å²) in [5, 5.41) is 18.5. The number of fused-ring (bicyclic) bond motifs is 1. The molecule has 0 spiro atoms. The number of hydrogen-bond donors (Lipinski definition) is 2. The SMILES string of the molecule is CC(C(=O)O)C1=CCCc2ccc(O)cc21. The number of hydrogen-bond acceptors (Lipinski definition) is 2. The highest BCUT2D eigenvalue weighted by Crippen LogP contribution is 2.33. The van der Waals surface area contributed by atoms with E-state index in [1.807, 2.05) is 12.1 Å². The minimum atomic E-state index is -0.831. The Morgan fingerprint density at radius 1 is 1.44 bits per heavy atom. The largest absolute Gasteiger partial charge is 0.508 e. The van der Waals surface area contributed by atoms with Gasteiger partial charge in [0.25, 0.3) is 0 Å². The molecule has 0 radical (unpaired) electrons. The van der Waals surface area contributed by atoms with Gasteiger partial charge in [0.2, 0.25) is 0 Å². The van der Waals surface area contributed by atoms with Gasteiger partial charge in [-0.2, -0.15) is 0 Å². The van der Waals surface area contributed by atoms with E-state index in [0.29, 0.717) is 0 Å². The lowest BCUT2D eigenvalue weighted by atomic mass is 9.84. The average molecular weight is 218 g/mol. The fourth-order valence-electron chi connectivity index (χ4n) is 2.09. The zero-order chi connectivity index (χ0) is 11.7. The van der Waals surface area contributed by atoms with Crippen molar-refractivity contribution in [2.24, 2.45) is 5.92 Å². The van der Waals surface area contributed by atoms with Gasteiger partial charge in [-0.25, -0.2) is 0 Å². The summed E-state index contributed by atoms with van der Waals surface area (Å²) >= 11 is 0. The number of carbonyl (C=O) groups is 1. The van der Waals surface area contributed by atoms with Gasteiger partial charge in [-0.15, -0.1) is 0 Å². The average Bonchev–Trinajstić information content (AvgIpc) is 2.27. The van der Waals surface area contributed by atoms with Crippen LogP contribution in [0.25, 0.3) is 5.57 Å². The van der Waals surface area contributed by atoms with Gasteiger partial charge in [-0.3, -0.25) is 4.79 Å². The molecule has 2 N–H and O–H groups in total. The third kappa shape index (κ3) is 1.81. The first-order chi connectivity index (χ1) is 7.59. The lowest BCUT2D eigenvalue weighted by Gasteiger charge is -2.20. The highest BCUT2D eigenvalue weighted by Gasteiger charge is 2.22. The Balaban J connectivity index is 2.47. The van der Waals surface area contributed by atoms with Crippen LogP contribution in [-0.4, -0.2) is 16.2 Å². The highest BCUT2D eigenvalue weighted by molar-refractivity contribution is 5.88. The molecule has 0 fully saturated rings. The van der Waals surface area contributed by atoms with Gasteiger partial charge in [0, 0.05) is 0 Å². The van der Waals surface area contributed by atoms with E-state index in [9.17, 15) is 9.90 Å². The summed E-state index contributed by atoms with van der Waals surface area (Å²) in [6.45, 7) is 1.67. The first-order valence-corrected chi connectivity index (χ1v) is 5.34. The van der Waals surface area contributed by atoms with Crippen molar-refractivity contribution in [1.29, 1.82) is 0 Å². The van der Waals surface area contributed by atoms with Crippen LogP contribution in [0.15, 0.2) is 24.3 Å². The number of phenols is 1. The number of allylic oxidation sites excluding steroid dienone is 1. The van der Waals surface area contributed by atoms with Crippen molar-refractivity contribution in [3.05, 3.63) is 35.4 Å². The summed E-state index contributed by atoms with van der Waals surface area (Å²) in [7, 11) is 0. The number of aryl methyl sites for hydroxylation is 1. The molecule has 0 amide bonds. The number of carboxylic acid groups (broad SMARTS) is 1. The molecule has 16 heavy (non-hydrogen) atoms. The van der Waals surface area contributed by atoms with E-state index in [-0.39, 0.29) is 5.75 Å². The zero-order valence-corrected chi connectivity index (χ0v) is 9.10. The van der Waals surface area contributed by atoms with E-state index in [2.05, 4.69) is 0 Å². The molecule has 3 heteroatoms. The maximum atomic E-state index is 11.0. The Kier molecular flexibility index (Phi) is 2.69. The summed E-state index contributed by atoms with van der Waals surface area (Å²) < 4.78 is 0. The fourth-order valence-corrected chi connectivity index (χ4v) is 2.09. The summed E-state index contributed by atoms with van der Waals surface area (Å²) in [5.74, 6) is -1.17. The molecular weight excluding hydrogens is 204 g/mol. The third-order valence-corrected chi connectivity index (χ3v) is 3.02. The van der Waals surface area contributed by atoms with Crippen LogP contribution in [0.1, 0.15) is 24.5 Å². The van der Waals surface area contributed by atoms with Gasteiger partial charge in [0.15, 0.2) is 0 Å². The zero-order valence-electron chi connectivity index (χ0n) is 9.10. The van der Waals surface area contributed by atoms with Crippen LogP contribution in [-0.2, 0) is 11.2 Å². The van der Waals surface area contributed by atoms with E-state index < -0.39 is 11.9 Å². The van der Waals surface area contributed by atoms with Crippen LogP contribution >= 0.6 is 0 Å². The number of phenolic OH excluding ortho intramolecular Hbond substituents is 1. The van der Waals surface area contributed by atoms with Gasteiger partial charge in [-0.05, 0) is 48.6 Å². The third-order valence-electron chi connectivity index (χ3n) is 3.02. The second kappa shape index (κ2) is 4.00. The van der Waals surface area contributed by atoms with Crippen LogP contribution in [0.4, 0.5) is 0 Å². The standard InChI is InChI=1S/C13H14O3/c1-8(13(15)16)11-4-2-3-9-5-6-10(14)7-12(9)11/h4-8,14H,2-3H2,1H3,(H,15,16). The predicted octanol–water partition coefficient (Wildman–Crippen LogP) is 2.44. The van der Waals surface area contributed by atoms with E-state index >= 15 is 0 Å². The van der Waals surface area contributed by atoms with Crippen LogP contribution in [0, 0.1) is 5.92 Å². The van der Waals surface area contributed by atoms with Crippen molar-refractivity contribution in [3.63, 3.8) is 0 Å². The fraction of sp³-hybridized carbons (Fsp3) is 0.308. The number of aromatic hydroxyl groups is 1. The summed E-state index contributed by atoms with van der Waals surface area (Å²) in [4.78, 5) is 11.0. The van der Waals surface area contributed by atoms with Gasteiger partial charge < -0.3 is 10.2 Å². The monoisotopic (exact) mass is 218 g/mol. The smallest absolute Gasteiger partial charge is 0.310 e. The van der Waals surface area contributed by atoms with Crippen LogP contribution < -0.4 is 0 Å². The molecule has 2 rings (SSSR count). The molecule has 3 nitrogen and oxygen atoms in total. The molecule has 84 valence electrons. The minimum absolute atomic E-state index is 0.184. The van der Waals surface area contributed by atoms with Crippen molar-refractivity contribution in [2.75, 3.05) is 0 Å². The van der Waals surface area contributed by atoms with E-state index in [1.165, 1.54) is 0 Å². The summed E-state index contributed by atoms with van der Waals surface area (Å²) in [6.07, 6.45) is 3.73. The topological polar surface area (TPSA) is 57.5 Å². The quantitative estimate of drug-likeness (QED) is 0.801. The van der Waals surface area contributed by atoms with E-state index in [1.54, 1.807) is 19.1 Å². The van der Waals surface area contributed by atoms with Crippen molar-refractivity contribution in [3.8, 4) is 5.75 Å².